The van der Waals surface area contributed by atoms with Crippen LogP contribution in [-0.2, 0) is 14.3 Å². The standard InChI is InChI=1S/C23H45NO6/c1-5-8-11-14-22(24-16-13-10-7-3)21(28)20(27)19(17-25)30-23(22,29-18(4)26)15-12-9-6-2/h19-21,24-25,27-28H,5-17H2,1-4H3/t19-,20-,21+,22-,23?/m1/s1. The van der Waals surface area contributed by atoms with Gasteiger partial charge in [-0.05, 0) is 25.8 Å². The smallest absolute Gasteiger partial charge is 0.305 e. The first kappa shape index (κ1) is 27.3. The number of ether oxygens (including phenoxy) is 2. The Balaban J connectivity index is 3.42. The lowest BCUT2D eigenvalue weighted by Crippen LogP contribution is -2.79. The van der Waals surface area contributed by atoms with Crippen LogP contribution in [0.15, 0.2) is 0 Å². The molecule has 1 rings (SSSR count). The van der Waals surface area contributed by atoms with Gasteiger partial charge in [0.05, 0.1) is 6.61 Å². The van der Waals surface area contributed by atoms with E-state index in [0.717, 1.165) is 57.8 Å². The summed E-state index contributed by atoms with van der Waals surface area (Å²) in [6, 6.07) is 0. The van der Waals surface area contributed by atoms with E-state index < -0.39 is 42.2 Å². The maximum absolute atomic E-state index is 12.2. The van der Waals surface area contributed by atoms with Gasteiger partial charge in [0, 0.05) is 13.3 Å². The van der Waals surface area contributed by atoms with Crippen molar-refractivity contribution in [3.63, 3.8) is 0 Å². The fraction of sp³-hybridized carbons (Fsp3) is 0.957. The summed E-state index contributed by atoms with van der Waals surface area (Å²) in [5.41, 5.74) is -1.14. The normalized spacial score (nSPS) is 31.6. The summed E-state index contributed by atoms with van der Waals surface area (Å²) in [7, 11) is 0. The molecule has 0 bridgehead atoms. The van der Waals surface area contributed by atoms with Crippen molar-refractivity contribution < 1.29 is 29.6 Å². The predicted molar refractivity (Wildman–Crippen MR) is 117 cm³/mol. The third-order valence-electron chi connectivity index (χ3n) is 6.22. The first-order valence-electron chi connectivity index (χ1n) is 11.9. The van der Waals surface area contributed by atoms with E-state index >= 15 is 0 Å². The third kappa shape index (κ3) is 6.63. The molecule has 0 aromatic carbocycles. The van der Waals surface area contributed by atoms with Crippen LogP contribution in [0.2, 0.25) is 0 Å². The number of nitrogens with one attached hydrogen (secondary N) is 1. The van der Waals surface area contributed by atoms with Crippen LogP contribution < -0.4 is 5.32 Å². The van der Waals surface area contributed by atoms with E-state index in [4.69, 9.17) is 9.47 Å². The average molecular weight is 432 g/mol. The molecular weight excluding hydrogens is 386 g/mol. The number of hydrogen-bond acceptors (Lipinski definition) is 7. The summed E-state index contributed by atoms with van der Waals surface area (Å²) in [5.74, 6) is -1.94. The second kappa shape index (κ2) is 13.6. The van der Waals surface area contributed by atoms with E-state index in [-0.39, 0.29) is 0 Å². The lowest BCUT2D eigenvalue weighted by Gasteiger charge is -2.58. The number of carbonyl (C=O) groups excluding carboxylic acids is 1. The van der Waals surface area contributed by atoms with E-state index in [1.54, 1.807) is 0 Å². The van der Waals surface area contributed by atoms with Gasteiger partial charge in [0.15, 0.2) is 0 Å². The molecule has 1 aliphatic heterocycles. The molecule has 0 saturated carbocycles. The quantitative estimate of drug-likeness (QED) is 0.233. The summed E-state index contributed by atoms with van der Waals surface area (Å²) in [5, 5.41) is 35.4. The van der Waals surface area contributed by atoms with Gasteiger partial charge in [-0.25, -0.2) is 0 Å². The zero-order valence-electron chi connectivity index (χ0n) is 19.5. The molecule has 5 atom stereocenters. The van der Waals surface area contributed by atoms with Crippen molar-refractivity contribution in [3.8, 4) is 0 Å². The van der Waals surface area contributed by atoms with Crippen molar-refractivity contribution in [1.82, 2.24) is 5.32 Å². The van der Waals surface area contributed by atoms with Gasteiger partial charge in [0.25, 0.3) is 0 Å². The van der Waals surface area contributed by atoms with Gasteiger partial charge < -0.3 is 30.1 Å². The topological polar surface area (TPSA) is 108 Å². The monoisotopic (exact) mass is 431 g/mol. The molecule has 7 heteroatoms. The fourth-order valence-electron chi connectivity index (χ4n) is 4.58. The second-order valence-electron chi connectivity index (χ2n) is 8.64. The highest BCUT2D eigenvalue weighted by Crippen LogP contribution is 2.45. The third-order valence-corrected chi connectivity index (χ3v) is 6.22. The lowest BCUT2D eigenvalue weighted by molar-refractivity contribution is -0.355. The number of aliphatic hydroxyl groups excluding tert-OH is 3. The molecule has 1 saturated heterocycles. The highest BCUT2D eigenvalue weighted by molar-refractivity contribution is 5.66. The van der Waals surface area contributed by atoms with Gasteiger partial charge in [-0.3, -0.25) is 4.79 Å². The Morgan fingerprint density at radius 1 is 0.967 bits per heavy atom. The number of hydrogen-bond donors (Lipinski definition) is 4. The minimum atomic E-state index is -1.44. The Labute approximate surface area is 182 Å². The highest BCUT2D eigenvalue weighted by Gasteiger charge is 2.65. The first-order chi connectivity index (χ1) is 14.3. The van der Waals surface area contributed by atoms with Gasteiger partial charge in [0.2, 0.25) is 5.79 Å². The molecule has 178 valence electrons. The summed E-state index contributed by atoms with van der Waals surface area (Å²) < 4.78 is 12.1. The number of rotatable bonds is 15. The second-order valence-corrected chi connectivity index (χ2v) is 8.64. The Hall–Kier alpha value is -0.730. The summed E-state index contributed by atoms with van der Waals surface area (Å²) in [4.78, 5) is 12.2. The summed E-state index contributed by atoms with van der Waals surface area (Å²) in [6.07, 6.45) is 5.79. The SMILES string of the molecule is CCCCCN[C@]1(CCCCC)[C@@H](O)[C@H](O)[C@@H](CO)OC1(CCCCC)OC(C)=O. The fourth-order valence-corrected chi connectivity index (χ4v) is 4.58. The zero-order chi connectivity index (χ0) is 22.6. The molecule has 0 spiro atoms. The van der Waals surface area contributed by atoms with Crippen molar-refractivity contribution >= 4 is 5.97 Å². The molecule has 1 aliphatic rings. The van der Waals surface area contributed by atoms with Gasteiger partial charge >= 0.3 is 5.97 Å². The number of carbonyl (C=O) groups is 1. The maximum atomic E-state index is 12.2. The molecule has 0 radical (unpaired) electrons. The summed E-state index contributed by atoms with van der Waals surface area (Å²) in [6.45, 7) is 7.81. The molecule has 0 amide bonds. The van der Waals surface area contributed by atoms with Gasteiger partial charge in [0.1, 0.15) is 23.9 Å². The molecule has 1 fully saturated rings. The number of aliphatic hydroxyl groups is 3. The van der Waals surface area contributed by atoms with Crippen LogP contribution in [0.25, 0.3) is 0 Å². The molecule has 0 aliphatic carbocycles. The largest absolute Gasteiger partial charge is 0.431 e. The molecule has 7 nitrogen and oxygen atoms in total. The Morgan fingerprint density at radius 2 is 1.53 bits per heavy atom. The van der Waals surface area contributed by atoms with E-state index in [0.29, 0.717) is 19.4 Å². The number of esters is 1. The molecule has 30 heavy (non-hydrogen) atoms. The van der Waals surface area contributed by atoms with Crippen molar-refractivity contribution in [2.24, 2.45) is 0 Å². The maximum Gasteiger partial charge on any atom is 0.305 e. The van der Waals surface area contributed by atoms with E-state index in [1.807, 2.05) is 0 Å². The van der Waals surface area contributed by atoms with Crippen LogP contribution in [0, 0.1) is 0 Å². The molecule has 1 unspecified atom stereocenters. The van der Waals surface area contributed by atoms with E-state index in [9.17, 15) is 20.1 Å². The Morgan fingerprint density at radius 3 is 2.07 bits per heavy atom. The van der Waals surface area contributed by atoms with E-state index in [1.165, 1.54) is 6.92 Å². The average Bonchev–Trinajstić information content (AvgIpc) is 2.71. The summed E-state index contributed by atoms with van der Waals surface area (Å²) >= 11 is 0. The highest BCUT2D eigenvalue weighted by atomic mass is 16.7. The predicted octanol–water partition coefficient (Wildman–Crippen LogP) is 3.04. The van der Waals surface area contributed by atoms with Crippen LogP contribution in [-0.4, -0.2) is 64.1 Å². The van der Waals surface area contributed by atoms with Crippen LogP contribution in [0.3, 0.4) is 0 Å². The van der Waals surface area contributed by atoms with Crippen molar-refractivity contribution in [2.75, 3.05) is 13.2 Å². The van der Waals surface area contributed by atoms with Crippen LogP contribution in [0.1, 0.15) is 98.3 Å². The van der Waals surface area contributed by atoms with Crippen molar-refractivity contribution in [1.29, 1.82) is 0 Å². The minimum absolute atomic E-state index is 0.396. The van der Waals surface area contributed by atoms with Gasteiger partial charge in [-0.2, -0.15) is 0 Å². The number of unbranched alkanes of at least 4 members (excludes halogenated alkanes) is 6. The van der Waals surface area contributed by atoms with Crippen LogP contribution >= 0.6 is 0 Å². The van der Waals surface area contributed by atoms with Crippen molar-refractivity contribution in [2.45, 2.75) is 128 Å². The molecule has 0 aromatic heterocycles. The molecule has 0 aromatic rings. The minimum Gasteiger partial charge on any atom is -0.431 e. The first-order valence-corrected chi connectivity index (χ1v) is 11.9. The van der Waals surface area contributed by atoms with Crippen LogP contribution in [0.4, 0.5) is 0 Å². The molecule has 4 N–H and O–H groups in total. The molecule has 1 heterocycles. The van der Waals surface area contributed by atoms with Crippen molar-refractivity contribution in [3.05, 3.63) is 0 Å². The van der Waals surface area contributed by atoms with E-state index in [2.05, 4.69) is 26.1 Å². The van der Waals surface area contributed by atoms with Gasteiger partial charge in [-0.1, -0.05) is 65.7 Å². The molecular formula is C23H45NO6. The van der Waals surface area contributed by atoms with Gasteiger partial charge in [-0.15, -0.1) is 0 Å². The zero-order valence-corrected chi connectivity index (χ0v) is 19.5. The Bertz CT molecular complexity index is 490. The van der Waals surface area contributed by atoms with Crippen LogP contribution in [0.5, 0.6) is 0 Å². The lowest BCUT2D eigenvalue weighted by atomic mass is 9.71. The Kier molecular flexibility index (Phi) is 12.4.